The molecule has 2 nitrogen and oxygen atoms in total. The Kier molecular flexibility index (Phi) is 4.11. The van der Waals surface area contributed by atoms with Gasteiger partial charge in [0.05, 0.1) is 0 Å². The van der Waals surface area contributed by atoms with Crippen molar-refractivity contribution in [2.45, 2.75) is 27.3 Å². The Labute approximate surface area is 72.9 Å². The Bertz CT molecular complexity index is 182. The predicted molar refractivity (Wildman–Crippen MR) is 52.4 cm³/mol. The van der Waals surface area contributed by atoms with E-state index in [9.17, 15) is 0 Å². The summed E-state index contributed by atoms with van der Waals surface area (Å²) in [4.78, 5) is 6.34. The highest BCUT2D eigenvalue weighted by Gasteiger charge is 2.05. The number of thiazole rings is 1. The van der Waals surface area contributed by atoms with Gasteiger partial charge >= 0.3 is 0 Å². The van der Waals surface area contributed by atoms with Crippen LogP contribution in [0.1, 0.15) is 21.3 Å². The molecule has 0 atom stereocenters. The van der Waals surface area contributed by atoms with Crippen LogP contribution >= 0.6 is 11.3 Å². The van der Waals surface area contributed by atoms with Crippen LogP contribution in [0.25, 0.3) is 0 Å². The van der Waals surface area contributed by atoms with Gasteiger partial charge in [-0.2, -0.15) is 0 Å². The quantitative estimate of drug-likeness (QED) is 0.681. The van der Waals surface area contributed by atoms with Gasteiger partial charge in [0.2, 0.25) is 0 Å². The minimum Gasteiger partial charge on any atom is -0.349 e. The smallest absolute Gasteiger partial charge is 0.185 e. The summed E-state index contributed by atoms with van der Waals surface area (Å²) < 4.78 is 0. The highest BCUT2D eigenvalue weighted by Crippen LogP contribution is 2.16. The molecule has 0 fully saturated rings. The fourth-order valence-corrected chi connectivity index (χ4v) is 1.35. The normalized spacial score (nSPS) is 9.45. The van der Waals surface area contributed by atoms with E-state index in [1.54, 1.807) is 11.3 Å². The fourth-order valence-electron chi connectivity index (χ4n) is 0.611. The van der Waals surface area contributed by atoms with E-state index in [-0.39, 0.29) is 7.43 Å². The van der Waals surface area contributed by atoms with Crippen LogP contribution in [0.3, 0.4) is 0 Å². The number of nitrogens with zero attached hydrogens (tertiary/aromatic N) is 2. The molecule has 11 heavy (non-hydrogen) atoms. The second-order valence-corrected chi connectivity index (χ2v) is 3.39. The third-order valence-corrected chi connectivity index (χ3v) is 2.36. The molecule has 0 unspecified atom stereocenters. The van der Waals surface area contributed by atoms with Crippen molar-refractivity contribution >= 4 is 16.5 Å². The summed E-state index contributed by atoms with van der Waals surface area (Å²) in [6.07, 6.45) is 1.83. The maximum atomic E-state index is 4.18. The SMILES string of the molecule is C.CC(C)N(C)c1nccs1. The van der Waals surface area contributed by atoms with Crippen molar-refractivity contribution in [2.24, 2.45) is 0 Å². The molecule has 1 rings (SSSR count). The maximum absolute atomic E-state index is 4.18. The Hall–Kier alpha value is -0.570. The second kappa shape index (κ2) is 4.34. The number of hydrogen-bond acceptors (Lipinski definition) is 3. The Morgan fingerprint density at radius 3 is 2.55 bits per heavy atom. The Balaban J connectivity index is 0.000001000. The Morgan fingerprint density at radius 2 is 2.18 bits per heavy atom. The molecule has 1 aromatic rings. The van der Waals surface area contributed by atoms with Crippen molar-refractivity contribution in [1.29, 1.82) is 0 Å². The van der Waals surface area contributed by atoms with E-state index in [1.807, 2.05) is 11.6 Å². The molecule has 0 aliphatic heterocycles. The molecule has 0 radical (unpaired) electrons. The van der Waals surface area contributed by atoms with Crippen molar-refractivity contribution in [2.75, 3.05) is 11.9 Å². The van der Waals surface area contributed by atoms with Gasteiger partial charge in [0.15, 0.2) is 5.13 Å². The van der Waals surface area contributed by atoms with E-state index in [0.29, 0.717) is 6.04 Å². The lowest BCUT2D eigenvalue weighted by molar-refractivity contribution is 0.751. The third-order valence-electron chi connectivity index (χ3n) is 1.50. The summed E-state index contributed by atoms with van der Waals surface area (Å²) in [5.74, 6) is 0. The van der Waals surface area contributed by atoms with Gasteiger partial charge in [0.25, 0.3) is 0 Å². The summed E-state index contributed by atoms with van der Waals surface area (Å²) in [5, 5.41) is 3.09. The van der Waals surface area contributed by atoms with Gasteiger partial charge in [-0.15, -0.1) is 11.3 Å². The first-order chi connectivity index (χ1) is 4.72. The molecule has 3 heteroatoms. The molecule has 1 heterocycles. The van der Waals surface area contributed by atoms with E-state index < -0.39 is 0 Å². The highest BCUT2D eigenvalue weighted by atomic mass is 32.1. The summed E-state index contributed by atoms with van der Waals surface area (Å²) in [6.45, 7) is 4.31. The molecule has 0 aliphatic carbocycles. The second-order valence-electron chi connectivity index (χ2n) is 2.52. The van der Waals surface area contributed by atoms with Gasteiger partial charge < -0.3 is 4.90 Å². The summed E-state index contributed by atoms with van der Waals surface area (Å²) in [6, 6.07) is 0.533. The first-order valence-electron chi connectivity index (χ1n) is 3.34. The van der Waals surface area contributed by atoms with Crippen molar-refractivity contribution in [3.05, 3.63) is 11.6 Å². The van der Waals surface area contributed by atoms with Crippen LogP contribution in [0.2, 0.25) is 0 Å². The van der Waals surface area contributed by atoms with Gasteiger partial charge in [-0.05, 0) is 13.8 Å². The summed E-state index contributed by atoms with van der Waals surface area (Å²) >= 11 is 1.67. The first kappa shape index (κ1) is 10.4. The van der Waals surface area contributed by atoms with Gasteiger partial charge in [-0.25, -0.2) is 4.98 Å². The van der Waals surface area contributed by atoms with Gasteiger partial charge in [0, 0.05) is 24.7 Å². The molecular weight excluding hydrogens is 156 g/mol. The lowest BCUT2D eigenvalue weighted by Gasteiger charge is -2.19. The minimum atomic E-state index is 0. The van der Waals surface area contributed by atoms with Gasteiger partial charge in [-0.3, -0.25) is 0 Å². The molecule has 0 spiro atoms. The number of aromatic nitrogens is 1. The van der Waals surface area contributed by atoms with E-state index >= 15 is 0 Å². The lowest BCUT2D eigenvalue weighted by Crippen LogP contribution is -2.25. The van der Waals surface area contributed by atoms with Crippen LogP contribution in [0.5, 0.6) is 0 Å². The monoisotopic (exact) mass is 172 g/mol. The highest BCUT2D eigenvalue weighted by molar-refractivity contribution is 7.13. The average Bonchev–Trinajstić information content (AvgIpc) is 2.36. The van der Waals surface area contributed by atoms with Crippen LogP contribution < -0.4 is 4.90 Å². The molecule has 0 saturated heterocycles. The van der Waals surface area contributed by atoms with Crippen LogP contribution in [0.4, 0.5) is 5.13 Å². The summed E-state index contributed by atoms with van der Waals surface area (Å²) in [5.41, 5.74) is 0. The molecule has 0 aliphatic rings. The molecule has 1 aromatic heterocycles. The van der Waals surface area contributed by atoms with Crippen LogP contribution in [-0.2, 0) is 0 Å². The molecule has 0 saturated carbocycles. The van der Waals surface area contributed by atoms with Gasteiger partial charge in [0.1, 0.15) is 0 Å². The van der Waals surface area contributed by atoms with E-state index in [4.69, 9.17) is 0 Å². The molecule has 64 valence electrons. The fraction of sp³-hybridized carbons (Fsp3) is 0.625. The molecule has 0 N–H and O–H groups in total. The zero-order valence-corrected chi connectivity index (χ0v) is 7.35. The number of anilines is 1. The summed E-state index contributed by atoms with van der Waals surface area (Å²) in [7, 11) is 2.06. The molecule has 0 bridgehead atoms. The van der Waals surface area contributed by atoms with Crippen molar-refractivity contribution < 1.29 is 0 Å². The van der Waals surface area contributed by atoms with E-state index in [2.05, 4.69) is 30.8 Å². The third kappa shape index (κ3) is 2.50. The number of rotatable bonds is 2. The van der Waals surface area contributed by atoms with Crippen molar-refractivity contribution in [3.63, 3.8) is 0 Å². The maximum Gasteiger partial charge on any atom is 0.185 e. The largest absolute Gasteiger partial charge is 0.349 e. The zero-order valence-electron chi connectivity index (χ0n) is 6.53. The number of hydrogen-bond donors (Lipinski definition) is 0. The van der Waals surface area contributed by atoms with Crippen molar-refractivity contribution in [1.82, 2.24) is 4.98 Å². The standard InChI is InChI=1S/C7H12N2S.CH4/c1-6(2)9(3)7-8-4-5-10-7;/h4-6H,1-3H3;1H4. The average molecular weight is 172 g/mol. The molecule has 0 aromatic carbocycles. The zero-order chi connectivity index (χ0) is 7.56. The van der Waals surface area contributed by atoms with Crippen LogP contribution in [0.15, 0.2) is 11.6 Å². The van der Waals surface area contributed by atoms with Crippen LogP contribution in [0, 0.1) is 0 Å². The Morgan fingerprint density at radius 1 is 1.55 bits per heavy atom. The van der Waals surface area contributed by atoms with Crippen LogP contribution in [-0.4, -0.2) is 18.1 Å². The molecular formula is C8H16N2S. The first-order valence-corrected chi connectivity index (χ1v) is 4.22. The van der Waals surface area contributed by atoms with Gasteiger partial charge in [-0.1, -0.05) is 7.43 Å². The lowest BCUT2D eigenvalue weighted by atomic mass is 10.4. The predicted octanol–water partition coefficient (Wildman–Crippen LogP) is 2.62. The van der Waals surface area contributed by atoms with Crippen molar-refractivity contribution in [3.8, 4) is 0 Å². The van der Waals surface area contributed by atoms with E-state index in [0.717, 1.165) is 5.13 Å². The van der Waals surface area contributed by atoms with E-state index in [1.165, 1.54) is 0 Å². The topological polar surface area (TPSA) is 16.1 Å². The molecule has 0 amide bonds. The minimum absolute atomic E-state index is 0.